The van der Waals surface area contributed by atoms with Crippen LogP contribution in [0.4, 0.5) is 5.82 Å². The molecule has 0 saturated carbocycles. The highest BCUT2D eigenvalue weighted by Gasteiger charge is 2.12. The van der Waals surface area contributed by atoms with E-state index in [9.17, 15) is 0 Å². The minimum Gasteiger partial charge on any atom is -0.365 e. The second-order valence-corrected chi connectivity index (χ2v) is 6.28. The first-order valence-electron chi connectivity index (χ1n) is 8.96. The molecule has 7 nitrogen and oxygen atoms in total. The van der Waals surface area contributed by atoms with Gasteiger partial charge in [-0.3, -0.25) is 0 Å². The number of nitrogens with one attached hydrogen (secondary N) is 1. The number of hydrogen-bond donors (Lipinski definition) is 1. The van der Waals surface area contributed by atoms with Crippen molar-refractivity contribution < 1.29 is 0 Å². The monoisotopic (exact) mass is 367 g/mol. The average molecular weight is 367 g/mol. The first-order chi connectivity index (χ1) is 13.9. The van der Waals surface area contributed by atoms with Gasteiger partial charge >= 0.3 is 0 Å². The van der Waals surface area contributed by atoms with Crippen molar-refractivity contribution in [2.24, 2.45) is 0 Å². The number of anilines is 1. The molecule has 0 bridgehead atoms. The first-order valence-corrected chi connectivity index (χ1v) is 8.96. The van der Waals surface area contributed by atoms with E-state index in [1.807, 2.05) is 70.2 Å². The highest BCUT2D eigenvalue weighted by Crippen LogP contribution is 2.23. The van der Waals surface area contributed by atoms with E-state index < -0.39 is 0 Å². The van der Waals surface area contributed by atoms with Gasteiger partial charge in [-0.25, -0.2) is 19.3 Å². The molecule has 28 heavy (non-hydrogen) atoms. The Bertz CT molecular complexity index is 1210. The van der Waals surface area contributed by atoms with Crippen LogP contribution in [0.5, 0.6) is 0 Å². The standard InChI is InChI=1S/C21H17N7/c1-2-8-17(9-3-1)28-21-18(14-26-28)20(23-15-24-21)22-13-16-7-4-5-10-19(16)27-12-6-11-25-27/h1-12,14-15H,13H2,(H,22,23,24). The normalized spacial score (nSPS) is 11.0. The van der Waals surface area contributed by atoms with E-state index in [1.165, 1.54) is 0 Å². The van der Waals surface area contributed by atoms with Crippen molar-refractivity contribution in [3.05, 3.63) is 91.1 Å². The number of nitrogens with zero attached hydrogens (tertiary/aromatic N) is 6. The van der Waals surface area contributed by atoms with E-state index in [0.717, 1.165) is 33.8 Å². The van der Waals surface area contributed by atoms with Gasteiger partial charge in [0.05, 0.1) is 23.0 Å². The molecule has 7 heteroatoms. The summed E-state index contributed by atoms with van der Waals surface area (Å²) >= 11 is 0. The van der Waals surface area contributed by atoms with Crippen LogP contribution >= 0.6 is 0 Å². The first kappa shape index (κ1) is 16.2. The van der Waals surface area contributed by atoms with Gasteiger partial charge in [-0.2, -0.15) is 10.2 Å². The zero-order chi connectivity index (χ0) is 18.8. The smallest absolute Gasteiger partial charge is 0.168 e. The van der Waals surface area contributed by atoms with Gasteiger partial charge in [0.15, 0.2) is 5.65 Å². The minimum atomic E-state index is 0.610. The maximum atomic E-state index is 4.50. The molecule has 0 saturated heterocycles. The van der Waals surface area contributed by atoms with Crippen LogP contribution in [0.25, 0.3) is 22.4 Å². The zero-order valence-electron chi connectivity index (χ0n) is 15.0. The molecule has 2 aromatic carbocycles. The summed E-state index contributed by atoms with van der Waals surface area (Å²) in [7, 11) is 0. The van der Waals surface area contributed by atoms with Crippen LogP contribution in [-0.2, 0) is 6.54 Å². The topological polar surface area (TPSA) is 73.5 Å². The Morgan fingerprint density at radius 2 is 1.71 bits per heavy atom. The maximum absolute atomic E-state index is 4.50. The van der Waals surface area contributed by atoms with Crippen molar-refractivity contribution in [2.45, 2.75) is 6.54 Å². The molecule has 0 amide bonds. The zero-order valence-corrected chi connectivity index (χ0v) is 15.0. The van der Waals surface area contributed by atoms with Gasteiger partial charge < -0.3 is 5.32 Å². The Labute approximate surface area is 161 Å². The number of para-hydroxylation sites is 2. The number of fused-ring (bicyclic) bond motifs is 1. The third-order valence-electron chi connectivity index (χ3n) is 4.56. The molecule has 0 radical (unpaired) electrons. The van der Waals surface area contributed by atoms with Gasteiger partial charge in [-0.15, -0.1) is 0 Å². The third kappa shape index (κ3) is 2.88. The lowest BCUT2D eigenvalue weighted by Crippen LogP contribution is -2.07. The second kappa shape index (κ2) is 6.96. The third-order valence-corrected chi connectivity index (χ3v) is 4.56. The van der Waals surface area contributed by atoms with Crippen molar-refractivity contribution >= 4 is 16.9 Å². The molecule has 0 aliphatic rings. The van der Waals surface area contributed by atoms with Crippen LogP contribution in [0.2, 0.25) is 0 Å². The van der Waals surface area contributed by atoms with Gasteiger partial charge in [0.2, 0.25) is 0 Å². The van der Waals surface area contributed by atoms with Crippen LogP contribution in [-0.4, -0.2) is 29.5 Å². The van der Waals surface area contributed by atoms with E-state index in [0.29, 0.717) is 6.54 Å². The number of rotatable bonds is 5. The van der Waals surface area contributed by atoms with Gasteiger partial charge in [-0.1, -0.05) is 36.4 Å². The Morgan fingerprint density at radius 3 is 2.57 bits per heavy atom. The molecular formula is C21H17N7. The van der Waals surface area contributed by atoms with E-state index >= 15 is 0 Å². The minimum absolute atomic E-state index is 0.610. The summed E-state index contributed by atoms with van der Waals surface area (Å²) in [5.74, 6) is 0.752. The van der Waals surface area contributed by atoms with E-state index in [2.05, 4.69) is 31.5 Å². The second-order valence-electron chi connectivity index (χ2n) is 6.28. The van der Waals surface area contributed by atoms with Gasteiger partial charge in [0.25, 0.3) is 0 Å². The summed E-state index contributed by atoms with van der Waals surface area (Å²) in [6, 6.07) is 20.0. The number of benzene rings is 2. The summed E-state index contributed by atoms with van der Waals surface area (Å²) in [6.07, 6.45) is 7.07. The quantitative estimate of drug-likeness (QED) is 0.514. The summed E-state index contributed by atoms with van der Waals surface area (Å²) < 4.78 is 3.68. The fourth-order valence-corrected chi connectivity index (χ4v) is 3.22. The van der Waals surface area contributed by atoms with Gasteiger partial charge in [-0.05, 0) is 29.8 Å². The molecule has 136 valence electrons. The van der Waals surface area contributed by atoms with E-state index in [4.69, 9.17) is 0 Å². The van der Waals surface area contributed by atoms with E-state index in [-0.39, 0.29) is 0 Å². The molecule has 0 fully saturated rings. The van der Waals surface area contributed by atoms with Crippen molar-refractivity contribution in [2.75, 3.05) is 5.32 Å². The van der Waals surface area contributed by atoms with Crippen LogP contribution < -0.4 is 5.32 Å². The fraction of sp³-hybridized carbons (Fsp3) is 0.0476. The number of hydrogen-bond acceptors (Lipinski definition) is 5. The molecule has 0 aliphatic carbocycles. The lowest BCUT2D eigenvalue weighted by atomic mass is 10.1. The molecular weight excluding hydrogens is 350 g/mol. The summed E-state index contributed by atoms with van der Waals surface area (Å²) in [5, 5.41) is 13.1. The molecule has 3 heterocycles. The lowest BCUT2D eigenvalue weighted by molar-refractivity contribution is 0.863. The lowest BCUT2D eigenvalue weighted by Gasteiger charge is -2.11. The summed E-state index contributed by atoms with van der Waals surface area (Å²) in [6.45, 7) is 0.610. The van der Waals surface area contributed by atoms with E-state index in [1.54, 1.807) is 18.7 Å². The average Bonchev–Trinajstić information content (AvgIpc) is 3.43. The Morgan fingerprint density at radius 1 is 0.857 bits per heavy atom. The summed E-state index contributed by atoms with van der Waals surface area (Å²) in [4.78, 5) is 8.85. The van der Waals surface area contributed by atoms with Crippen molar-refractivity contribution in [1.29, 1.82) is 0 Å². The molecule has 0 unspecified atom stereocenters. The van der Waals surface area contributed by atoms with Crippen LogP contribution in [0.1, 0.15) is 5.56 Å². The largest absolute Gasteiger partial charge is 0.365 e. The van der Waals surface area contributed by atoms with Crippen LogP contribution in [0.3, 0.4) is 0 Å². The molecule has 5 aromatic rings. The number of aromatic nitrogens is 6. The molecule has 3 aromatic heterocycles. The molecule has 0 atom stereocenters. The van der Waals surface area contributed by atoms with Gasteiger partial charge in [0, 0.05) is 18.9 Å². The fourth-order valence-electron chi connectivity index (χ4n) is 3.22. The Kier molecular flexibility index (Phi) is 4.02. The van der Waals surface area contributed by atoms with Crippen LogP contribution in [0, 0.1) is 0 Å². The molecule has 0 aliphatic heterocycles. The Hall–Kier alpha value is -4.00. The van der Waals surface area contributed by atoms with Gasteiger partial charge in [0.1, 0.15) is 12.1 Å². The molecule has 1 N–H and O–H groups in total. The highest BCUT2D eigenvalue weighted by atomic mass is 15.3. The predicted octanol–water partition coefficient (Wildman–Crippen LogP) is 3.61. The molecule has 0 spiro atoms. The summed E-state index contributed by atoms with van der Waals surface area (Å²) in [5.41, 5.74) is 3.88. The SMILES string of the molecule is c1ccc(-n2ncc3c(NCc4ccccc4-n4cccn4)ncnc32)cc1. The molecule has 5 rings (SSSR count). The predicted molar refractivity (Wildman–Crippen MR) is 108 cm³/mol. The van der Waals surface area contributed by atoms with Crippen molar-refractivity contribution in [1.82, 2.24) is 29.5 Å². The maximum Gasteiger partial charge on any atom is 0.168 e. The van der Waals surface area contributed by atoms with Crippen molar-refractivity contribution in [3.63, 3.8) is 0 Å². The Balaban J connectivity index is 1.47. The van der Waals surface area contributed by atoms with Crippen LogP contribution in [0.15, 0.2) is 85.6 Å². The highest BCUT2D eigenvalue weighted by molar-refractivity contribution is 5.87. The van der Waals surface area contributed by atoms with Crippen molar-refractivity contribution in [3.8, 4) is 11.4 Å².